The van der Waals surface area contributed by atoms with E-state index in [1.807, 2.05) is 0 Å². The SMILES string of the molecule is CN(C)C1CCN(Cc2cccc3c2CCNC3)CC1. The number of fused-ring (bicyclic) bond motifs is 1. The van der Waals surface area contributed by atoms with Crippen molar-refractivity contribution in [2.75, 3.05) is 33.7 Å². The summed E-state index contributed by atoms with van der Waals surface area (Å²) in [5, 5.41) is 3.47. The van der Waals surface area contributed by atoms with Crippen LogP contribution in [-0.2, 0) is 19.5 Å². The Morgan fingerprint density at radius 1 is 1.25 bits per heavy atom. The first-order valence-electron chi connectivity index (χ1n) is 7.93. The summed E-state index contributed by atoms with van der Waals surface area (Å²) in [7, 11) is 4.42. The van der Waals surface area contributed by atoms with Crippen molar-refractivity contribution >= 4 is 0 Å². The third-order valence-electron chi connectivity index (χ3n) is 4.92. The van der Waals surface area contributed by atoms with Gasteiger partial charge in [-0.15, -0.1) is 0 Å². The zero-order valence-corrected chi connectivity index (χ0v) is 12.9. The summed E-state index contributed by atoms with van der Waals surface area (Å²) >= 11 is 0. The molecule has 0 amide bonds. The summed E-state index contributed by atoms with van der Waals surface area (Å²) in [5.74, 6) is 0. The number of hydrogen-bond donors (Lipinski definition) is 1. The summed E-state index contributed by atoms with van der Waals surface area (Å²) in [6.45, 7) is 5.80. The van der Waals surface area contributed by atoms with Crippen LogP contribution in [0.25, 0.3) is 0 Å². The molecule has 0 saturated carbocycles. The lowest BCUT2D eigenvalue weighted by molar-refractivity contribution is 0.139. The zero-order chi connectivity index (χ0) is 13.9. The molecule has 20 heavy (non-hydrogen) atoms. The molecule has 3 nitrogen and oxygen atoms in total. The molecular weight excluding hydrogens is 246 g/mol. The van der Waals surface area contributed by atoms with Gasteiger partial charge in [-0.25, -0.2) is 0 Å². The lowest BCUT2D eigenvalue weighted by Gasteiger charge is -2.35. The van der Waals surface area contributed by atoms with Gasteiger partial charge in [0.05, 0.1) is 0 Å². The Kier molecular flexibility index (Phi) is 4.39. The molecule has 3 rings (SSSR count). The molecule has 0 unspecified atom stereocenters. The second-order valence-corrected chi connectivity index (χ2v) is 6.45. The molecule has 0 spiro atoms. The highest BCUT2D eigenvalue weighted by molar-refractivity contribution is 5.37. The first-order chi connectivity index (χ1) is 9.74. The maximum Gasteiger partial charge on any atom is 0.0236 e. The van der Waals surface area contributed by atoms with Crippen molar-refractivity contribution in [2.24, 2.45) is 0 Å². The zero-order valence-electron chi connectivity index (χ0n) is 12.9. The predicted molar refractivity (Wildman–Crippen MR) is 83.8 cm³/mol. The Balaban J connectivity index is 1.64. The van der Waals surface area contributed by atoms with Gasteiger partial charge in [0.1, 0.15) is 0 Å². The molecule has 1 aromatic carbocycles. The molecule has 1 aromatic rings. The average Bonchev–Trinajstić information content (AvgIpc) is 2.48. The van der Waals surface area contributed by atoms with Crippen LogP contribution in [0.15, 0.2) is 18.2 Å². The minimum Gasteiger partial charge on any atom is -0.312 e. The molecule has 2 aliphatic rings. The lowest BCUT2D eigenvalue weighted by atomic mass is 9.94. The molecule has 2 aliphatic heterocycles. The van der Waals surface area contributed by atoms with Crippen molar-refractivity contribution < 1.29 is 0 Å². The van der Waals surface area contributed by atoms with E-state index in [9.17, 15) is 0 Å². The van der Waals surface area contributed by atoms with Crippen molar-refractivity contribution in [3.63, 3.8) is 0 Å². The first kappa shape index (κ1) is 14.1. The van der Waals surface area contributed by atoms with Crippen LogP contribution >= 0.6 is 0 Å². The largest absolute Gasteiger partial charge is 0.312 e. The minimum atomic E-state index is 0.778. The second kappa shape index (κ2) is 6.25. The van der Waals surface area contributed by atoms with Crippen LogP contribution < -0.4 is 5.32 Å². The normalized spacial score (nSPS) is 21.1. The first-order valence-corrected chi connectivity index (χ1v) is 7.93. The van der Waals surface area contributed by atoms with E-state index in [0.717, 1.165) is 25.7 Å². The van der Waals surface area contributed by atoms with E-state index >= 15 is 0 Å². The molecule has 0 radical (unpaired) electrons. The Hall–Kier alpha value is -0.900. The summed E-state index contributed by atoms with van der Waals surface area (Å²) < 4.78 is 0. The van der Waals surface area contributed by atoms with Gasteiger partial charge in [-0.05, 0) is 69.7 Å². The van der Waals surface area contributed by atoms with Gasteiger partial charge in [0, 0.05) is 19.1 Å². The van der Waals surface area contributed by atoms with Gasteiger partial charge < -0.3 is 10.2 Å². The number of rotatable bonds is 3. The fourth-order valence-electron chi connectivity index (χ4n) is 3.59. The van der Waals surface area contributed by atoms with E-state index in [-0.39, 0.29) is 0 Å². The smallest absolute Gasteiger partial charge is 0.0236 e. The van der Waals surface area contributed by atoms with Crippen LogP contribution in [0.3, 0.4) is 0 Å². The van der Waals surface area contributed by atoms with Gasteiger partial charge in [0.15, 0.2) is 0 Å². The van der Waals surface area contributed by atoms with Crippen LogP contribution in [0.4, 0.5) is 0 Å². The number of likely N-dealkylation sites (tertiary alicyclic amines) is 1. The van der Waals surface area contributed by atoms with E-state index in [1.165, 1.54) is 37.9 Å². The molecule has 1 N–H and O–H groups in total. The molecule has 2 heterocycles. The van der Waals surface area contributed by atoms with E-state index in [1.54, 1.807) is 11.1 Å². The van der Waals surface area contributed by atoms with Gasteiger partial charge >= 0.3 is 0 Å². The summed E-state index contributed by atoms with van der Waals surface area (Å²) in [6, 6.07) is 7.62. The van der Waals surface area contributed by atoms with Crippen LogP contribution in [0.5, 0.6) is 0 Å². The number of nitrogens with one attached hydrogen (secondary N) is 1. The van der Waals surface area contributed by atoms with E-state index in [0.29, 0.717) is 0 Å². The fraction of sp³-hybridized carbons (Fsp3) is 0.647. The molecular formula is C17H27N3. The van der Waals surface area contributed by atoms with E-state index < -0.39 is 0 Å². The van der Waals surface area contributed by atoms with Crippen molar-refractivity contribution in [2.45, 2.75) is 38.4 Å². The number of benzene rings is 1. The Labute approximate surface area is 123 Å². The van der Waals surface area contributed by atoms with Crippen LogP contribution in [0.1, 0.15) is 29.5 Å². The van der Waals surface area contributed by atoms with Gasteiger partial charge in [-0.3, -0.25) is 4.90 Å². The maximum atomic E-state index is 3.47. The minimum absolute atomic E-state index is 0.778. The van der Waals surface area contributed by atoms with Crippen LogP contribution in [0.2, 0.25) is 0 Å². The molecule has 0 bridgehead atoms. The monoisotopic (exact) mass is 273 g/mol. The molecule has 1 fully saturated rings. The maximum absolute atomic E-state index is 3.47. The Morgan fingerprint density at radius 2 is 2.05 bits per heavy atom. The molecule has 3 heteroatoms. The van der Waals surface area contributed by atoms with E-state index in [2.05, 4.69) is 47.4 Å². The Morgan fingerprint density at radius 3 is 2.80 bits per heavy atom. The van der Waals surface area contributed by atoms with Crippen molar-refractivity contribution in [3.05, 3.63) is 34.9 Å². The van der Waals surface area contributed by atoms with Crippen molar-refractivity contribution in [1.29, 1.82) is 0 Å². The lowest BCUT2D eigenvalue weighted by Crippen LogP contribution is -2.41. The van der Waals surface area contributed by atoms with Gasteiger partial charge in [-0.2, -0.15) is 0 Å². The molecule has 0 aromatic heterocycles. The van der Waals surface area contributed by atoms with Crippen molar-refractivity contribution in [3.8, 4) is 0 Å². The standard InChI is InChI=1S/C17H27N3/c1-19(2)16-7-10-20(11-8-16)13-15-5-3-4-14-12-18-9-6-17(14)15/h3-5,16,18H,6-13H2,1-2H3. The van der Waals surface area contributed by atoms with Crippen LogP contribution in [0, 0.1) is 0 Å². The summed E-state index contributed by atoms with van der Waals surface area (Å²) in [6.07, 6.45) is 3.81. The third-order valence-corrected chi connectivity index (χ3v) is 4.92. The second-order valence-electron chi connectivity index (χ2n) is 6.45. The third kappa shape index (κ3) is 3.05. The number of piperidine rings is 1. The van der Waals surface area contributed by atoms with Gasteiger partial charge in [-0.1, -0.05) is 18.2 Å². The predicted octanol–water partition coefficient (Wildman–Crippen LogP) is 1.86. The number of hydrogen-bond acceptors (Lipinski definition) is 3. The molecule has 0 atom stereocenters. The van der Waals surface area contributed by atoms with Crippen molar-refractivity contribution in [1.82, 2.24) is 15.1 Å². The highest BCUT2D eigenvalue weighted by atomic mass is 15.2. The highest BCUT2D eigenvalue weighted by Gasteiger charge is 2.21. The molecule has 0 aliphatic carbocycles. The van der Waals surface area contributed by atoms with Gasteiger partial charge in [0.2, 0.25) is 0 Å². The summed E-state index contributed by atoms with van der Waals surface area (Å²) in [4.78, 5) is 5.02. The molecule has 1 saturated heterocycles. The quantitative estimate of drug-likeness (QED) is 0.907. The fourth-order valence-corrected chi connectivity index (χ4v) is 3.59. The highest BCUT2D eigenvalue weighted by Crippen LogP contribution is 2.22. The van der Waals surface area contributed by atoms with E-state index in [4.69, 9.17) is 0 Å². The topological polar surface area (TPSA) is 18.5 Å². The molecule has 110 valence electrons. The summed E-state index contributed by atoms with van der Waals surface area (Å²) in [5.41, 5.74) is 4.69. The Bertz CT molecular complexity index is 448. The average molecular weight is 273 g/mol. The number of nitrogens with zero attached hydrogens (tertiary/aromatic N) is 2. The van der Waals surface area contributed by atoms with Crippen LogP contribution in [-0.4, -0.2) is 49.6 Å². The van der Waals surface area contributed by atoms with Gasteiger partial charge in [0.25, 0.3) is 0 Å².